The number of aryl methyl sites for hydroxylation is 1. The van der Waals surface area contributed by atoms with Crippen molar-refractivity contribution in [2.45, 2.75) is 19.9 Å². The standard InChI is InChI=1S/C26H22N8O3/c1-15-31-14-34(32-15)25-23-21(20(37-2)11-28-25)18(10-27-23)24(35)26(36)33-9-8-17-19(12-33)29-13-30-22(17)16-6-4-3-5-7-16/h3-7,10-11,13-14,27H,8-9,12H2,1-2H3. The smallest absolute Gasteiger partial charge is 0.295 e. The molecule has 6 rings (SSSR count). The van der Waals surface area contributed by atoms with Gasteiger partial charge >= 0.3 is 0 Å². The van der Waals surface area contributed by atoms with Crippen LogP contribution in [0.15, 0.2) is 55.4 Å². The predicted octanol–water partition coefficient (Wildman–Crippen LogP) is 2.69. The normalized spacial score (nSPS) is 13.0. The van der Waals surface area contributed by atoms with Gasteiger partial charge in [0.25, 0.3) is 11.7 Å². The number of hydrogen-bond donors (Lipinski definition) is 1. The average Bonchev–Trinajstić information content (AvgIpc) is 3.58. The van der Waals surface area contributed by atoms with E-state index in [1.807, 2.05) is 30.3 Å². The van der Waals surface area contributed by atoms with E-state index in [0.717, 1.165) is 22.5 Å². The van der Waals surface area contributed by atoms with E-state index in [9.17, 15) is 9.59 Å². The molecule has 0 aliphatic carbocycles. The number of hydrogen-bond acceptors (Lipinski definition) is 8. The van der Waals surface area contributed by atoms with Crippen LogP contribution in [0.3, 0.4) is 0 Å². The zero-order valence-corrected chi connectivity index (χ0v) is 20.2. The molecule has 4 aromatic heterocycles. The van der Waals surface area contributed by atoms with Crippen molar-refractivity contribution in [1.82, 2.24) is 39.6 Å². The number of Topliss-reactive ketones (excluding diaryl/α,β-unsaturated/α-hetero) is 1. The Morgan fingerprint density at radius 1 is 1.08 bits per heavy atom. The summed E-state index contributed by atoms with van der Waals surface area (Å²) in [5.41, 5.74) is 4.31. The molecule has 0 saturated heterocycles. The zero-order valence-electron chi connectivity index (χ0n) is 20.2. The summed E-state index contributed by atoms with van der Waals surface area (Å²) in [6.07, 6.45) is 6.60. The molecule has 0 atom stereocenters. The van der Waals surface area contributed by atoms with Gasteiger partial charge in [0, 0.05) is 23.9 Å². The number of rotatable bonds is 5. The van der Waals surface area contributed by atoms with Crippen LogP contribution >= 0.6 is 0 Å². The lowest BCUT2D eigenvalue weighted by molar-refractivity contribution is -0.127. The van der Waals surface area contributed by atoms with Gasteiger partial charge in [-0.1, -0.05) is 30.3 Å². The van der Waals surface area contributed by atoms with Crippen LogP contribution in [-0.2, 0) is 17.8 Å². The average molecular weight is 495 g/mol. The third-order valence-corrected chi connectivity index (χ3v) is 6.48. The van der Waals surface area contributed by atoms with Crippen LogP contribution in [0.5, 0.6) is 5.75 Å². The number of aromatic nitrogens is 7. The van der Waals surface area contributed by atoms with Gasteiger partial charge in [0.15, 0.2) is 5.82 Å². The molecule has 11 heteroatoms. The third kappa shape index (κ3) is 3.80. The number of H-pyrrole nitrogens is 1. The Morgan fingerprint density at radius 3 is 2.68 bits per heavy atom. The molecule has 1 aliphatic heterocycles. The highest BCUT2D eigenvalue weighted by molar-refractivity contribution is 6.45. The molecular formula is C26H22N8O3. The first-order valence-electron chi connectivity index (χ1n) is 11.7. The maximum atomic E-state index is 13.5. The van der Waals surface area contributed by atoms with E-state index in [-0.39, 0.29) is 12.1 Å². The molecular weight excluding hydrogens is 472 g/mol. The number of aromatic amines is 1. The number of carbonyl (C=O) groups is 2. The highest BCUT2D eigenvalue weighted by atomic mass is 16.5. The summed E-state index contributed by atoms with van der Waals surface area (Å²) in [5.74, 6) is 0.145. The molecule has 1 amide bonds. The molecule has 0 radical (unpaired) electrons. The first-order chi connectivity index (χ1) is 18.0. The maximum absolute atomic E-state index is 13.5. The topological polar surface area (TPSA) is 132 Å². The first-order valence-corrected chi connectivity index (χ1v) is 11.7. The van der Waals surface area contributed by atoms with Gasteiger partial charge in [-0.15, -0.1) is 0 Å². The van der Waals surface area contributed by atoms with Gasteiger partial charge in [-0.25, -0.2) is 24.6 Å². The van der Waals surface area contributed by atoms with Gasteiger partial charge in [-0.05, 0) is 13.3 Å². The highest BCUT2D eigenvalue weighted by Crippen LogP contribution is 2.32. The van der Waals surface area contributed by atoms with Crippen LogP contribution in [-0.4, -0.2) is 64.9 Å². The quantitative estimate of drug-likeness (QED) is 0.291. The second-order valence-electron chi connectivity index (χ2n) is 8.66. The van der Waals surface area contributed by atoms with Gasteiger partial charge in [0.05, 0.1) is 47.7 Å². The molecule has 0 unspecified atom stereocenters. The minimum Gasteiger partial charge on any atom is -0.494 e. The van der Waals surface area contributed by atoms with E-state index in [0.29, 0.717) is 41.3 Å². The third-order valence-electron chi connectivity index (χ3n) is 6.48. The van der Waals surface area contributed by atoms with Crippen molar-refractivity contribution in [2.24, 2.45) is 0 Å². The van der Waals surface area contributed by atoms with E-state index < -0.39 is 11.7 Å². The Kier molecular flexibility index (Phi) is 5.44. The Labute approximate surface area is 211 Å². The number of benzene rings is 1. The Bertz CT molecular complexity index is 1660. The van der Waals surface area contributed by atoms with Crippen LogP contribution in [0.1, 0.15) is 27.4 Å². The Morgan fingerprint density at radius 2 is 1.92 bits per heavy atom. The fraction of sp³-hybridized carbons (Fsp3) is 0.192. The van der Waals surface area contributed by atoms with Crippen molar-refractivity contribution in [3.63, 3.8) is 0 Å². The van der Waals surface area contributed by atoms with Gasteiger partial charge < -0.3 is 14.6 Å². The van der Waals surface area contributed by atoms with E-state index in [1.165, 1.54) is 41.7 Å². The van der Waals surface area contributed by atoms with Gasteiger partial charge in [0.1, 0.15) is 24.2 Å². The van der Waals surface area contributed by atoms with Crippen LogP contribution in [0, 0.1) is 6.92 Å². The number of nitrogens with one attached hydrogen (secondary N) is 1. The largest absolute Gasteiger partial charge is 0.494 e. The predicted molar refractivity (Wildman–Crippen MR) is 133 cm³/mol. The number of nitrogens with zero attached hydrogens (tertiary/aromatic N) is 7. The summed E-state index contributed by atoms with van der Waals surface area (Å²) in [6, 6.07) is 9.87. The van der Waals surface area contributed by atoms with Crippen molar-refractivity contribution in [2.75, 3.05) is 13.7 Å². The maximum Gasteiger partial charge on any atom is 0.295 e. The monoisotopic (exact) mass is 494 g/mol. The number of fused-ring (bicyclic) bond motifs is 2. The van der Waals surface area contributed by atoms with E-state index in [4.69, 9.17) is 4.74 Å². The lowest BCUT2D eigenvalue weighted by Crippen LogP contribution is -2.40. The Hall–Kier alpha value is -4.93. The minimum atomic E-state index is -0.641. The Balaban J connectivity index is 1.32. The molecule has 0 bridgehead atoms. The summed E-state index contributed by atoms with van der Waals surface area (Å²) in [5, 5.41) is 4.77. The fourth-order valence-electron chi connectivity index (χ4n) is 4.69. The molecule has 1 aromatic carbocycles. The van der Waals surface area contributed by atoms with Gasteiger partial charge in [0.2, 0.25) is 0 Å². The lowest BCUT2D eigenvalue weighted by atomic mass is 9.98. The van der Waals surface area contributed by atoms with E-state index in [1.54, 1.807) is 6.92 Å². The van der Waals surface area contributed by atoms with E-state index in [2.05, 4.69) is 30.0 Å². The van der Waals surface area contributed by atoms with Crippen molar-refractivity contribution in [3.05, 3.63) is 78.0 Å². The van der Waals surface area contributed by atoms with Crippen LogP contribution in [0.25, 0.3) is 28.0 Å². The molecule has 5 heterocycles. The van der Waals surface area contributed by atoms with E-state index >= 15 is 0 Å². The molecule has 37 heavy (non-hydrogen) atoms. The summed E-state index contributed by atoms with van der Waals surface area (Å²) in [7, 11) is 1.49. The van der Waals surface area contributed by atoms with Gasteiger partial charge in [-0.3, -0.25) is 9.59 Å². The second-order valence-corrected chi connectivity index (χ2v) is 8.66. The number of amides is 1. The van der Waals surface area contributed by atoms with Crippen molar-refractivity contribution < 1.29 is 14.3 Å². The van der Waals surface area contributed by atoms with Crippen LogP contribution < -0.4 is 4.74 Å². The molecule has 11 nitrogen and oxygen atoms in total. The molecule has 1 N–H and O–H groups in total. The molecule has 0 spiro atoms. The lowest BCUT2D eigenvalue weighted by Gasteiger charge is -2.28. The SMILES string of the molecule is COc1cnc(-n2cnc(C)n2)c2[nH]cc(C(=O)C(=O)N3CCc4c(ncnc4-c4ccccc4)C3)c12. The van der Waals surface area contributed by atoms with Crippen LogP contribution in [0.2, 0.25) is 0 Å². The van der Waals surface area contributed by atoms with Crippen LogP contribution in [0.4, 0.5) is 0 Å². The number of methoxy groups -OCH3 is 1. The minimum absolute atomic E-state index is 0.204. The zero-order chi connectivity index (χ0) is 25.5. The highest BCUT2D eigenvalue weighted by Gasteiger charge is 2.31. The fourth-order valence-corrected chi connectivity index (χ4v) is 4.69. The summed E-state index contributed by atoms with van der Waals surface area (Å²) >= 11 is 0. The summed E-state index contributed by atoms with van der Waals surface area (Å²) < 4.78 is 6.99. The molecule has 0 saturated carbocycles. The number of ketones is 1. The molecule has 1 aliphatic rings. The van der Waals surface area contributed by atoms with Crippen molar-refractivity contribution in [1.29, 1.82) is 0 Å². The molecule has 0 fully saturated rings. The molecule has 5 aromatic rings. The van der Waals surface area contributed by atoms with Crippen molar-refractivity contribution >= 4 is 22.6 Å². The van der Waals surface area contributed by atoms with Gasteiger partial charge in [-0.2, -0.15) is 5.10 Å². The second kappa shape index (κ2) is 8.94. The van der Waals surface area contributed by atoms with Crippen molar-refractivity contribution in [3.8, 4) is 22.8 Å². The number of ether oxygens (including phenoxy) is 1. The first kappa shape index (κ1) is 22.5. The molecule has 184 valence electrons. The summed E-state index contributed by atoms with van der Waals surface area (Å²) in [4.78, 5) is 48.9. The number of carbonyl (C=O) groups excluding carboxylic acids is 2. The summed E-state index contributed by atoms with van der Waals surface area (Å²) in [6.45, 7) is 2.38. The number of pyridine rings is 1.